The lowest BCUT2D eigenvalue weighted by molar-refractivity contribution is -0.140. The van der Waals surface area contributed by atoms with Crippen molar-refractivity contribution in [3.63, 3.8) is 0 Å². The quantitative estimate of drug-likeness (QED) is 0.398. The van der Waals surface area contributed by atoms with E-state index in [4.69, 9.17) is 5.11 Å². The van der Waals surface area contributed by atoms with Crippen LogP contribution in [0.4, 0.5) is 0 Å². The van der Waals surface area contributed by atoms with E-state index < -0.39 is 34.8 Å². The number of aromatic nitrogens is 3. The average molecular weight is 463 g/mol. The third-order valence-electron chi connectivity index (χ3n) is 5.28. The summed E-state index contributed by atoms with van der Waals surface area (Å²) < 4.78 is 0. The van der Waals surface area contributed by atoms with Crippen LogP contribution < -0.4 is 16.2 Å². The minimum atomic E-state index is -1.07. The van der Waals surface area contributed by atoms with Gasteiger partial charge in [-0.2, -0.15) is 0 Å². The van der Waals surface area contributed by atoms with Gasteiger partial charge in [0.25, 0.3) is 17.4 Å². The van der Waals surface area contributed by atoms with Crippen LogP contribution in [0.25, 0.3) is 11.1 Å². The van der Waals surface area contributed by atoms with Crippen molar-refractivity contribution in [2.75, 3.05) is 6.54 Å². The first-order chi connectivity index (χ1) is 16.1. The van der Waals surface area contributed by atoms with E-state index >= 15 is 0 Å². The number of carboxylic acid groups (broad SMARTS) is 1. The van der Waals surface area contributed by atoms with E-state index in [0.29, 0.717) is 0 Å². The lowest BCUT2D eigenvalue weighted by Crippen LogP contribution is -2.43. The smallest absolute Gasteiger partial charge is 0.308 e. The van der Waals surface area contributed by atoms with Crippen LogP contribution in [-0.2, 0) is 10.3 Å². The van der Waals surface area contributed by atoms with Crippen molar-refractivity contribution in [2.24, 2.45) is 5.92 Å². The summed E-state index contributed by atoms with van der Waals surface area (Å²) in [6, 6.07) is 11.4. The van der Waals surface area contributed by atoms with Gasteiger partial charge in [-0.05, 0) is 36.6 Å². The average Bonchev–Trinajstić information content (AvgIpc) is 2.82. The minimum absolute atomic E-state index is 0.131. The van der Waals surface area contributed by atoms with E-state index in [9.17, 15) is 19.2 Å². The van der Waals surface area contributed by atoms with E-state index in [1.54, 1.807) is 26.2 Å². The Morgan fingerprint density at radius 2 is 1.76 bits per heavy atom. The zero-order valence-electron chi connectivity index (χ0n) is 19.0. The van der Waals surface area contributed by atoms with Crippen molar-refractivity contribution in [1.82, 2.24) is 25.6 Å². The van der Waals surface area contributed by atoms with Gasteiger partial charge in [0.05, 0.1) is 11.5 Å². The minimum Gasteiger partial charge on any atom is -0.481 e. The Labute approximate surface area is 195 Å². The molecular formula is C24H25N5O5. The van der Waals surface area contributed by atoms with Crippen LogP contribution in [0.2, 0.25) is 0 Å². The van der Waals surface area contributed by atoms with Crippen molar-refractivity contribution in [3.05, 3.63) is 82.3 Å². The Hall–Kier alpha value is -4.34. The molecule has 0 saturated carbocycles. The fourth-order valence-corrected chi connectivity index (χ4v) is 3.13. The third kappa shape index (κ3) is 5.71. The maximum Gasteiger partial charge on any atom is 0.308 e. The Morgan fingerprint density at radius 1 is 1.06 bits per heavy atom. The lowest BCUT2D eigenvalue weighted by Gasteiger charge is -2.27. The zero-order chi connectivity index (χ0) is 24.9. The number of carbonyl (C=O) groups excluding carboxylic acids is 2. The first-order valence-electron chi connectivity index (χ1n) is 10.5. The molecule has 0 aliphatic heterocycles. The van der Waals surface area contributed by atoms with Gasteiger partial charge in [0, 0.05) is 25.1 Å². The molecular weight excluding hydrogens is 438 g/mol. The molecule has 0 saturated heterocycles. The molecule has 3 aromatic rings. The van der Waals surface area contributed by atoms with E-state index in [1.807, 2.05) is 36.4 Å². The van der Waals surface area contributed by atoms with E-state index in [1.165, 1.54) is 6.92 Å². The number of benzene rings is 1. The molecule has 3 rings (SSSR count). The van der Waals surface area contributed by atoms with Crippen molar-refractivity contribution < 1.29 is 19.5 Å². The number of nitrogens with one attached hydrogen (secondary N) is 3. The molecule has 1 aromatic carbocycles. The Morgan fingerprint density at radius 3 is 2.35 bits per heavy atom. The maximum atomic E-state index is 12.8. The van der Waals surface area contributed by atoms with Gasteiger partial charge in [-0.1, -0.05) is 37.3 Å². The second-order valence-corrected chi connectivity index (χ2v) is 8.32. The fourth-order valence-electron chi connectivity index (χ4n) is 3.13. The molecule has 0 radical (unpaired) electrons. The molecule has 2 heterocycles. The van der Waals surface area contributed by atoms with Crippen LogP contribution in [0.15, 0.2) is 59.8 Å². The number of hydrogen-bond donors (Lipinski definition) is 4. The molecule has 2 aromatic heterocycles. The summed E-state index contributed by atoms with van der Waals surface area (Å²) in [6.07, 6.45) is 4.48. The molecule has 10 heteroatoms. The highest BCUT2D eigenvalue weighted by molar-refractivity contribution is 5.95. The number of aliphatic carboxylic acids is 1. The molecule has 0 aliphatic rings. The number of rotatable bonds is 8. The van der Waals surface area contributed by atoms with Gasteiger partial charge >= 0.3 is 5.97 Å². The largest absolute Gasteiger partial charge is 0.481 e. The normalized spacial score (nSPS) is 12.0. The van der Waals surface area contributed by atoms with E-state index in [-0.39, 0.29) is 17.9 Å². The maximum absolute atomic E-state index is 12.8. The van der Waals surface area contributed by atoms with Crippen LogP contribution in [0.3, 0.4) is 0 Å². The summed E-state index contributed by atoms with van der Waals surface area (Å²) in [7, 11) is 0. The second-order valence-electron chi connectivity index (χ2n) is 8.32. The van der Waals surface area contributed by atoms with Crippen molar-refractivity contribution >= 4 is 17.8 Å². The number of aromatic amines is 1. The van der Waals surface area contributed by atoms with E-state index in [0.717, 1.165) is 22.9 Å². The molecule has 10 nitrogen and oxygen atoms in total. The van der Waals surface area contributed by atoms with Crippen molar-refractivity contribution in [1.29, 1.82) is 0 Å². The van der Waals surface area contributed by atoms with E-state index in [2.05, 4.69) is 25.6 Å². The Kier molecular flexibility index (Phi) is 7.20. The molecule has 0 bridgehead atoms. The fraction of sp³-hybridized carbons (Fsp3) is 0.250. The van der Waals surface area contributed by atoms with Gasteiger partial charge in [0.15, 0.2) is 5.82 Å². The Balaban J connectivity index is 1.70. The van der Waals surface area contributed by atoms with Gasteiger partial charge < -0.3 is 20.7 Å². The SMILES string of the molecule is C[C@H](CNC(=O)c1ncc(C(=O)NC(C)(C)c2ccc(-c3cccnc3)cc2)c(=O)[nH]1)C(=O)O. The van der Waals surface area contributed by atoms with Crippen molar-refractivity contribution in [3.8, 4) is 11.1 Å². The monoisotopic (exact) mass is 463 g/mol. The summed E-state index contributed by atoms with van der Waals surface area (Å²) in [4.78, 5) is 58.4. The summed E-state index contributed by atoms with van der Waals surface area (Å²) in [6.45, 7) is 4.91. The molecule has 2 amide bonds. The topological polar surface area (TPSA) is 154 Å². The number of nitrogens with zero attached hydrogens (tertiary/aromatic N) is 2. The first-order valence-corrected chi connectivity index (χ1v) is 10.5. The van der Waals surface area contributed by atoms with Gasteiger partial charge in [0.1, 0.15) is 5.56 Å². The van der Waals surface area contributed by atoms with Crippen LogP contribution in [-0.4, -0.2) is 44.4 Å². The predicted octanol–water partition coefficient (Wildman–Crippen LogP) is 1.95. The lowest BCUT2D eigenvalue weighted by atomic mass is 9.92. The van der Waals surface area contributed by atoms with Gasteiger partial charge in [-0.25, -0.2) is 4.98 Å². The number of amides is 2. The molecule has 0 unspecified atom stereocenters. The summed E-state index contributed by atoms with van der Waals surface area (Å²) in [5.74, 6) is -3.58. The zero-order valence-corrected chi connectivity index (χ0v) is 19.0. The number of carbonyl (C=O) groups is 3. The molecule has 4 N–H and O–H groups in total. The van der Waals surface area contributed by atoms with Crippen molar-refractivity contribution in [2.45, 2.75) is 26.3 Å². The van der Waals surface area contributed by atoms with Crippen LogP contribution >= 0.6 is 0 Å². The van der Waals surface area contributed by atoms with Gasteiger partial charge in [-0.3, -0.25) is 24.2 Å². The van der Waals surface area contributed by atoms with Crippen LogP contribution in [0.5, 0.6) is 0 Å². The van der Waals surface area contributed by atoms with Gasteiger partial charge in [-0.15, -0.1) is 0 Å². The number of carboxylic acids is 1. The highest BCUT2D eigenvalue weighted by Gasteiger charge is 2.25. The Bertz CT molecular complexity index is 1250. The number of hydrogen-bond acceptors (Lipinski definition) is 6. The molecule has 0 spiro atoms. The molecule has 176 valence electrons. The highest BCUT2D eigenvalue weighted by atomic mass is 16.4. The van der Waals surface area contributed by atoms with Crippen LogP contribution in [0, 0.1) is 5.92 Å². The summed E-state index contributed by atoms with van der Waals surface area (Å²) in [5.41, 5.74) is 0.921. The predicted molar refractivity (Wildman–Crippen MR) is 124 cm³/mol. The second kappa shape index (κ2) is 10.1. The molecule has 34 heavy (non-hydrogen) atoms. The third-order valence-corrected chi connectivity index (χ3v) is 5.28. The number of pyridine rings is 1. The van der Waals surface area contributed by atoms with Gasteiger partial charge in [0.2, 0.25) is 0 Å². The summed E-state index contributed by atoms with van der Waals surface area (Å²) >= 11 is 0. The molecule has 1 atom stereocenters. The summed E-state index contributed by atoms with van der Waals surface area (Å²) in [5, 5.41) is 14.1. The molecule has 0 fully saturated rings. The first kappa shape index (κ1) is 24.3. The molecule has 0 aliphatic carbocycles. The van der Waals surface area contributed by atoms with Crippen LogP contribution in [0.1, 0.15) is 47.3 Å². The number of H-pyrrole nitrogens is 1. The highest BCUT2D eigenvalue weighted by Crippen LogP contribution is 2.24. The standard InChI is InChI=1S/C24H25N5O5/c1-14(23(33)34)11-27-22(32)19-26-13-18(20(30)28-19)21(31)29-24(2,3)17-8-6-15(7-9-17)16-5-4-10-25-12-16/h4-10,12-14H,11H2,1-3H3,(H,27,32)(H,29,31)(H,33,34)(H,26,28,30)/t14-/m1/s1.